The molecular weight excluding hydrogens is 242 g/mol. The number of rotatable bonds is 6. The van der Waals surface area contributed by atoms with Gasteiger partial charge in [-0.15, -0.1) is 0 Å². The highest BCUT2D eigenvalue weighted by molar-refractivity contribution is 4.98. The molecule has 1 heterocycles. The van der Waals surface area contributed by atoms with Crippen molar-refractivity contribution < 1.29 is 9.26 Å². The van der Waals surface area contributed by atoms with Crippen LogP contribution in [0.3, 0.4) is 0 Å². The van der Waals surface area contributed by atoms with Crippen LogP contribution in [-0.2, 0) is 11.3 Å². The highest BCUT2D eigenvalue weighted by atomic mass is 16.5. The van der Waals surface area contributed by atoms with Crippen molar-refractivity contribution in [2.75, 3.05) is 20.3 Å². The van der Waals surface area contributed by atoms with Crippen LogP contribution in [0.4, 0.5) is 0 Å². The summed E-state index contributed by atoms with van der Waals surface area (Å²) in [6, 6.07) is 0. The summed E-state index contributed by atoms with van der Waals surface area (Å²) in [4.78, 5) is 4.50. The maximum absolute atomic E-state index is 5.29. The van der Waals surface area contributed by atoms with Crippen molar-refractivity contribution in [2.24, 2.45) is 5.41 Å². The Morgan fingerprint density at radius 1 is 1.37 bits per heavy atom. The molecule has 1 saturated carbocycles. The summed E-state index contributed by atoms with van der Waals surface area (Å²) in [5.41, 5.74) is 0.477. The van der Waals surface area contributed by atoms with Gasteiger partial charge in [0.2, 0.25) is 5.89 Å². The van der Waals surface area contributed by atoms with Crippen molar-refractivity contribution >= 4 is 0 Å². The summed E-state index contributed by atoms with van der Waals surface area (Å²) in [5.74, 6) is 2.04. The summed E-state index contributed by atoms with van der Waals surface area (Å²) < 4.78 is 10.3. The molecule has 0 saturated heterocycles. The van der Waals surface area contributed by atoms with E-state index in [1.165, 1.54) is 25.7 Å². The molecule has 0 amide bonds. The van der Waals surface area contributed by atoms with Gasteiger partial charge in [0.15, 0.2) is 5.82 Å². The highest BCUT2D eigenvalue weighted by Gasteiger charge is 2.30. The zero-order valence-electron chi connectivity index (χ0n) is 12.2. The molecule has 0 bridgehead atoms. The number of aromatic nitrogens is 2. The summed E-state index contributed by atoms with van der Waals surface area (Å²) >= 11 is 0. The van der Waals surface area contributed by atoms with Crippen molar-refractivity contribution in [1.29, 1.82) is 0 Å². The molecule has 0 atom stereocenters. The van der Waals surface area contributed by atoms with Crippen LogP contribution in [0.15, 0.2) is 4.52 Å². The van der Waals surface area contributed by atoms with Crippen molar-refractivity contribution in [3.63, 3.8) is 0 Å². The van der Waals surface area contributed by atoms with Gasteiger partial charge in [-0.2, -0.15) is 4.98 Å². The standard InChI is InChI=1S/C14H25N3O2/c1-14(2)6-4-11(5-7-14)13-16-12(19-17-13)10-15-8-9-18-3/h11,15H,4-10H2,1-3H3. The van der Waals surface area contributed by atoms with Crippen LogP contribution in [0, 0.1) is 5.41 Å². The van der Waals surface area contributed by atoms with Crippen molar-refractivity contribution in [3.05, 3.63) is 11.7 Å². The van der Waals surface area contributed by atoms with E-state index in [4.69, 9.17) is 9.26 Å². The average Bonchev–Trinajstić information content (AvgIpc) is 2.83. The fraction of sp³-hybridized carbons (Fsp3) is 0.857. The van der Waals surface area contributed by atoms with Crippen LogP contribution >= 0.6 is 0 Å². The van der Waals surface area contributed by atoms with E-state index in [1.54, 1.807) is 7.11 Å². The molecule has 0 spiro atoms. The molecule has 5 nitrogen and oxygen atoms in total. The van der Waals surface area contributed by atoms with Crippen molar-refractivity contribution in [3.8, 4) is 0 Å². The van der Waals surface area contributed by atoms with Gasteiger partial charge in [0.25, 0.3) is 0 Å². The minimum Gasteiger partial charge on any atom is -0.383 e. The minimum atomic E-state index is 0.476. The van der Waals surface area contributed by atoms with Gasteiger partial charge in [-0.05, 0) is 31.1 Å². The van der Waals surface area contributed by atoms with Crippen molar-refractivity contribution in [2.45, 2.75) is 52.0 Å². The summed E-state index contributed by atoms with van der Waals surface area (Å²) in [7, 11) is 1.69. The second-order valence-corrected chi connectivity index (χ2v) is 6.15. The van der Waals surface area contributed by atoms with E-state index in [-0.39, 0.29) is 0 Å². The van der Waals surface area contributed by atoms with E-state index in [2.05, 4.69) is 29.3 Å². The minimum absolute atomic E-state index is 0.476. The van der Waals surface area contributed by atoms with Gasteiger partial charge in [0.1, 0.15) is 0 Å². The lowest BCUT2D eigenvalue weighted by Crippen LogP contribution is -2.21. The summed E-state index contributed by atoms with van der Waals surface area (Å²) in [5, 5.41) is 7.34. The quantitative estimate of drug-likeness (QED) is 0.802. The van der Waals surface area contributed by atoms with Gasteiger partial charge in [-0.1, -0.05) is 19.0 Å². The smallest absolute Gasteiger partial charge is 0.240 e. The normalized spacial score (nSPS) is 19.7. The molecule has 1 aromatic heterocycles. The molecule has 1 N–H and O–H groups in total. The molecule has 108 valence electrons. The molecule has 0 unspecified atom stereocenters. The number of methoxy groups -OCH3 is 1. The van der Waals surface area contributed by atoms with E-state index >= 15 is 0 Å². The lowest BCUT2D eigenvalue weighted by molar-refractivity contribution is 0.197. The zero-order chi connectivity index (χ0) is 13.7. The first-order valence-corrected chi connectivity index (χ1v) is 7.13. The molecule has 1 fully saturated rings. The monoisotopic (exact) mass is 267 g/mol. The van der Waals surface area contributed by atoms with Crippen LogP contribution in [0.1, 0.15) is 57.2 Å². The van der Waals surface area contributed by atoms with Gasteiger partial charge in [-0.3, -0.25) is 0 Å². The maximum Gasteiger partial charge on any atom is 0.240 e. The van der Waals surface area contributed by atoms with Gasteiger partial charge in [0.05, 0.1) is 13.2 Å². The van der Waals surface area contributed by atoms with Crippen LogP contribution in [0.2, 0.25) is 0 Å². The number of nitrogens with one attached hydrogen (secondary N) is 1. The molecule has 1 aliphatic rings. The number of hydrogen-bond donors (Lipinski definition) is 1. The Kier molecular flexibility index (Phi) is 4.93. The predicted octanol–water partition coefficient (Wildman–Crippen LogP) is 2.49. The average molecular weight is 267 g/mol. The van der Waals surface area contributed by atoms with E-state index < -0.39 is 0 Å². The first kappa shape index (κ1) is 14.5. The SMILES string of the molecule is COCCNCc1nc(C2CCC(C)(C)CC2)no1. The van der Waals surface area contributed by atoms with Crippen LogP contribution < -0.4 is 5.32 Å². The Hall–Kier alpha value is -0.940. The Morgan fingerprint density at radius 3 is 2.79 bits per heavy atom. The van der Waals surface area contributed by atoms with Gasteiger partial charge in [0, 0.05) is 19.6 Å². The highest BCUT2D eigenvalue weighted by Crippen LogP contribution is 2.41. The van der Waals surface area contributed by atoms with Gasteiger partial charge >= 0.3 is 0 Å². The largest absolute Gasteiger partial charge is 0.383 e. The molecular formula is C14H25N3O2. The third kappa shape index (κ3) is 4.28. The molecule has 1 aliphatic carbocycles. The number of hydrogen-bond acceptors (Lipinski definition) is 5. The second-order valence-electron chi connectivity index (χ2n) is 6.15. The molecule has 19 heavy (non-hydrogen) atoms. The molecule has 2 rings (SSSR count). The third-order valence-electron chi connectivity index (χ3n) is 3.95. The van der Waals surface area contributed by atoms with E-state index in [1.807, 2.05) is 0 Å². The van der Waals surface area contributed by atoms with Crippen LogP contribution in [-0.4, -0.2) is 30.4 Å². The molecule has 5 heteroatoms. The Labute approximate surface area is 115 Å². The van der Waals surface area contributed by atoms with Crippen LogP contribution in [0.5, 0.6) is 0 Å². The predicted molar refractivity (Wildman–Crippen MR) is 72.9 cm³/mol. The molecule has 0 radical (unpaired) electrons. The first-order chi connectivity index (χ1) is 9.11. The van der Waals surface area contributed by atoms with Crippen LogP contribution in [0.25, 0.3) is 0 Å². The molecule has 1 aromatic rings. The lowest BCUT2D eigenvalue weighted by Gasteiger charge is -2.32. The fourth-order valence-electron chi connectivity index (χ4n) is 2.53. The second kappa shape index (κ2) is 6.48. The van der Waals surface area contributed by atoms with Crippen molar-refractivity contribution in [1.82, 2.24) is 15.5 Å². The lowest BCUT2D eigenvalue weighted by atomic mass is 9.73. The summed E-state index contributed by atoms with van der Waals surface area (Å²) in [6.07, 6.45) is 4.83. The Morgan fingerprint density at radius 2 is 2.11 bits per heavy atom. The van der Waals surface area contributed by atoms with E-state index in [0.29, 0.717) is 30.4 Å². The van der Waals surface area contributed by atoms with E-state index in [0.717, 1.165) is 12.4 Å². The number of ether oxygens (including phenoxy) is 1. The molecule has 0 aromatic carbocycles. The Balaban J connectivity index is 1.80. The Bertz CT molecular complexity index is 380. The zero-order valence-corrected chi connectivity index (χ0v) is 12.2. The third-order valence-corrected chi connectivity index (χ3v) is 3.95. The van der Waals surface area contributed by atoms with Gasteiger partial charge in [-0.25, -0.2) is 0 Å². The van der Waals surface area contributed by atoms with Gasteiger partial charge < -0.3 is 14.6 Å². The molecule has 0 aliphatic heterocycles. The maximum atomic E-state index is 5.29. The summed E-state index contributed by atoms with van der Waals surface area (Å²) in [6.45, 7) is 6.79. The topological polar surface area (TPSA) is 60.2 Å². The van der Waals surface area contributed by atoms with E-state index in [9.17, 15) is 0 Å². The number of nitrogens with zero attached hydrogens (tertiary/aromatic N) is 2. The first-order valence-electron chi connectivity index (χ1n) is 7.13. The fourth-order valence-corrected chi connectivity index (χ4v) is 2.53.